The van der Waals surface area contributed by atoms with E-state index in [0.29, 0.717) is 0 Å². The summed E-state index contributed by atoms with van der Waals surface area (Å²) in [6.07, 6.45) is -2.46. The van der Waals surface area contributed by atoms with Gasteiger partial charge in [0.1, 0.15) is 17.2 Å². The summed E-state index contributed by atoms with van der Waals surface area (Å²) in [7, 11) is -1.66. The molecule has 1 aliphatic rings. The Balaban J connectivity index is 3.33. The predicted molar refractivity (Wildman–Crippen MR) is 136 cm³/mol. The second-order valence-corrected chi connectivity index (χ2v) is 11.6. The SMILES string of the molecule is CC(C)(C)OC(=O)N[C@@H](CCC(N)=O)C(=O)N1C[C@@H](CCB(O)O)C[C@](NC(=O)OC(C)(C)C)(C(=O)O)C1. The van der Waals surface area contributed by atoms with Crippen molar-refractivity contribution in [1.82, 2.24) is 15.5 Å². The number of likely N-dealkylation sites (tertiary alicyclic amines) is 1. The summed E-state index contributed by atoms with van der Waals surface area (Å²) in [6, 6.07) is -1.28. The van der Waals surface area contributed by atoms with Crippen LogP contribution in [-0.4, -0.2) is 93.0 Å². The molecule has 1 saturated heterocycles. The normalized spacial score (nSPS) is 20.6. The van der Waals surface area contributed by atoms with Gasteiger partial charge in [0, 0.05) is 13.0 Å². The molecule has 3 atom stereocenters. The second kappa shape index (κ2) is 13.1. The number of piperidine rings is 1. The number of carboxylic acids is 1. The number of amides is 4. The third-order valence-corrected chi connectivity index (χ3v) is 5.54. The molecule has 1 rings (SSSR count). The topological polar surface area (TPSA) is 218 Å². The lowest BCUT2D eigenvalue weighted by molar-refractivity contribution is -0.152. The molecule has 0 aromatic rings. The standard InChI is InChI=1S/C23H41BN4O10/c1-21(2,3)37-19(33)26-15(7-8-16(25)29)17(30)28-12-14(9-10-24(35)36)11-23(13-28,18(31)32)27-20(34)38-22(4,5)6/h14-15,35-36H,7-13H2,1-6H3,(H2,25,29)(H,26,33)(H,27,34)(H,31,32)/t14-,15-,23+/m0/s1. The van der Waals surface area contributed by atoms with Crippen LogP contribution in [-0.2, 0) is 23.9 Å². The number of carbonyl (C=O) groups is 5. The number of carbonyl (C=O) groups excluding carboxylic acids is 4. The summed E-state index contributed by atoms with van der Waals surface area (Å²) in [4.78, 5) is 63.6. The fourth-order valence-electron chi connectivity index (χ4n) is 4.08. The van der Waals surface area contributed by atoms with E-state index in [1.54, 1.807) is 41.5 Å². The number of hydrogen-bond donors (Lipinski definition) is 6. The molecule has 0 aliphatic carbocycles. The molecule has 0 radical (unpaired) electrons. The Morgan fingerprint density at radius 2 is 1.61 bits per heavy atom. The van der Waals surface area contributed by atoms with Crippen molar-refractivity contribution in [3.8, 4) is 0 Å². The molecule has 0 bridgehead atoms. The third kappa shape index (κ3) is 11.5. The van der Waals surface area contributed by atoms with Crippen molar-refractivity contribution in [3.05, 3.63) is 0 Å². The Morgan fingerprint density at radius 3 is 2.08 bits per heavy atom. The quantitative estimate of drug-likeness (QED) is 0.205. The highest BCUT2D eigenvalue weighted by molar-refractivity contribution is 6.40. The van der Waals surface area contributed by atoms with Gasteiger partial charge in [-0.3, -0.25) is 9.59 Å². The van der Waals surface area contributed by atoms with Crippen LogP contribution in [0.1, 0.15) is 67.2 Å². The predicted octanol–water partition coefficient (Wildman–Crippen LogP) is 0.205. The van der Waals surface area contributed by atoms with Gasteiger partial charge < -0.3 is 45.9 Å². The molecule has 1 heterocycles. The number of carboxylic acid groups (broad SMARTS) is 1. The van der Waals surface area contributed by atoms with Crippen LogP contribution in [0.5, 0.6) is 0 Å². The number of nitrogens with one attached hydrogen (secondary N) is 2. The van der Waals surface area contributed by atoms with Crippen molar-refractivity contribution in [3.63, 3.8) is 0 Å². The van der Waals surface area contributed by atoms with Gasteiger partial charge >= 0.3 is 25.3 Å². The number of nitrogens with zero attached hydrogens (tertiary/aromatic N) is 1. The number of rotatable bonds is 10. The zero-order chi connectivity index (χ0) is 29.5. The highest BCUT2D eigenvalue weighted by Crippen LogP contribution is 2.31. The van der Waals surface area contributed by atoms with Crippen molar-refractivity contribution in [2.45, 2.75) is 96.3 Å². The summed E-state index contributed by atoms with van der Waals surface area (Å²) < 4.78 is 10.5. The van der Waals surface area contributed by atoms with Crippen LogP contribution in [0.4, 0.5) is 9.59 Å². The Labute approximate surface area is 222 Å². The van der Waals surface area contributed by atoms with Crippen molar-refractivity contribution in [2.75, 3.05) is 13.1 Å². The first-order chi connectivity index (χ1) is 17.2. The molecule has 1 fully saturated rings. The minimum Gasteiger partial charge on any atom is -0.479 e. The number of hydrogen-bond acceptors (Lipinski definition) is 9. The summed E-state index contributed by atoms with van der Waals surface area (Å²) in [5.41, 5.74) is 1.46. The zero-order valence-corrected chi connectivity index (χ0v) is 22.9. The number of primary amides is 1. The highest BCUT2D eigenvalue weighted by Gasteiger charge is 2.49. The zero-order valence-electron chi connectivity index (χ0n) is 22.9. The van der Waals surface area contributed by atoms with Crippen LogP contribution >= 0.6 is 0 Å². The molecular weight excluding hydrogens is 503 g/mol. The van der Waals surface area contributed by atoms with Crippen LogP contribution in [0.25, 0.3) is 0 Å². The molecule has 14 nitrogen and oxygen atoms in total. The molecule has 0 spiro atoms. The molecule has 0 aromatic heterocycles. The number of ether oxygens (including phenoxy) is 2. The van der Waals surface area contributed by atoms with Gasteiger partial charge in [0.2, 0.25) is 11.8 Å². The van der Waals surface area contributed by atoms with E-state index in [4.69, 9.17) is 15.2 Å². The molecule has 38 heavy (non-hydrogen) atoms. The Hall–Kier alpha value is -3.07. The van der Waals surface area contributed by atoms with Crippen molar-refractivity contribution in [1.29, 1.82) is 0 Å². The van der Waals surface area contributed by atoms with E-state index in [-0.39, 0.29) is 38.5 Å². The van der Waals surface area contributed by atoms with Crippen LogP contribution in [0, 0.1) is 5.92 Å². The van der Waals surface area contributed by atoms with Crippen LogP contribution < -0.4 is 16.4 Å². The Morgan fingerprint density at radius 1 is 1.05 bits per heavy atom. The van der Waals surface area contributed by atoms with Gasteiger partial charge in [-0.15, -0.1) is 0 Å². The fourth-order valence-corrected chi connectivity index (χ4v) is 4.08. The smallest absolute Gasteiger partial charge is 0.451 e. The van der Waals surface area contributed by atoms with Crippen molar-refractivity contribution < 1.29 is 48.6 Å². The lowest BCUT2D eigenvalue weighted by Crippen LogP contribution is -2.67. The van der Waals surface area contributed by atoms with E-state index >= 15 is 0 Å². The van der Waals surface area contributed by atoms with Gasteiger partial charge in [0.25, 0.3) is 0 Å². The van der Waals surface area contributed by atoms with E-state index in [9.17, 15) is 39.1 Å². The van der Waals surface area contributed by atoms with E-state index in [1.165, 1.54) is 0 Å². The third-order valence-electron chi connectivity index (χ3n) is 5.54. The van der Waals surface area contributed by atoms with E-state index in [1.807, 2.05) is 0 Å². The molecule has 216 valence electrons. The lowest BCUT2D eigenvalue weighted by atomic mass is 9.75. The van der Waals surface area contributed by atoms with Crippen LogP contribution in [0.15, 0.2) is 0 Å². The minimum absolute atomic E-state index is 0.000346. The van der Waals surface area contributed by atoms with Gasteiger partial charge in [-0.2, -0.15) is 0 Å². The minimum atomic E-state index is -1.97. The van der Waals surface area contributed by atoms with E-state index in [0.717, 1.165) is 4.90 Å². The molecule has 0 saturated carbocycles. The van der Waals surface area contributed by atoms with Crippen molar-refractivity contribution >= 4 is 37.1 Å². The maximum Gasteiger partial charge on any atom is 0.451 e. The summed E-state index contributed by atoms with van der Waals surface area (Å²) >= 11 is 0. The lowest BCUT2D eigenvalue weighted by Gasteiger charge is -2.45. The van der Waals surface area contributed by atoms with Gasteiger partial charge in [-0.1, -0.05) is 6.42 Å². The maximum atomic E-state index is 13.6. The highest BCUT2D eigenvalue weighted by atomic mass is 16.6. The molecular formula is C23H41BN4O10. The number of alkyl carbamates (subject to hydrolysis) is 2. The average Bonchev–Trinajstić information content (AvgIpc) is 2.71. The first-order valence-corrected chi connectivity index (χ1v) is 12.4. The fraction of sp³-hybridized carbons (Fsp3) is 0.783. The average molecular weight is 544 g/mol. The molecule has 0 unspecified atom stereocenters. The van der Waals surface area contributed by atoms with E-state index < -0.39 is 72.3 Å². The molecule has 0 aromatic carbocycles. The summed E-state index contributed by atoms with van der Waals surface area (Å²) in [5.74, 6) is -3.43. The maximum absolute atomic E-state index is 13.6. The molecule has 1 aliphatic heterocycles. The molecule has 15 heteroatoms. The van der Waals surface area contributed by atoms with Gasteiger partial charge in [0.15, 0.2) is 5.54 Å². The first-order valence-electron chi connectivity index (χ1n) is 12.4. The van der Waals surface area contributed by atoms with E-state index in [2.05, 4.69) is 10.6 Å². The monoisotopic (exact) mass is 544 g/mol. The Kier molecular flexibility index (Phi) is 11.4. The van der Waals surface area contributed by atoms with Crippen LogP contribution in [0.2, 0.25) is 6.32 Å². The number of nitrogens with two attached hydrogens (primary N) is 1. The first kappa shape index (κ1) is 33.0. The van der Waals surface area contributed by atoms with Crippen LogP contribution in [0.3, 0.4) is 0 Å². The second-order valence-electron chi connectivity index (χ2n) is 11.6. The van der Waals surface area contributed by atoms with Gasteiger partial charge in [-0.25, -0.2) is 14.4 Å². The summed E-state index contributed by atoms with van der Waals surface area (Å²) in [5, 5.41) is 33.6. The molecule has 4 amide bonds. The molecule has 7 N–H and O–H groups in total. The van der Waals surface area contributed by atoms with Gasteiger partial charge in [-0.05, 0) is 66.6 Å². The summed E-state index contributed by atoms with van der Waals surface area (Å²) in [6.45, 7) is 9.22. The van der Waals surface area contributed by atoms with Gasteiger partial charge in [0.05, 0.1) is 6.54 Å². The van der Waals surface area contributed by atoms with Crippen molar-refractivity contribution in [2.24, 2.45) is 11.7 Å². The Bertz CT molecular complexity index is 886. The largest absolute Gasteiger partial charge is 0.479 e. The number of aliphatic carboxylic acids is 1.